The molecule has 37 heavy (non-hydrogen) atoms. The summed E-state index contributed by atoms with van der Waals surface area (Å²) in [5, 5.41) is 38.2. The first-order valence-electron chi connectivity index (χ1n) is 10.6. The predicted octanol–water partition coefficient (Wildman–Crippen LogP) is -0.858. The van der Waals surface area contributed by atoms with Gasteiger partial charge in [-0.3, -0.25) is 14.5 Å². The topological polar surface area (TPSA) is 211 Å². The van der Waals surface area contributed by atoms with E-state index >= 15 is 0 Å². The molecule has 2 atom stereocenters. The van der Waals surface area contributed by atoms with Crippen LogP contribution in [0.3, 0.4) is 0 Å². The third-order valence-corrected chi connectivity index (χ3v) is 8.11. The van der Waals surface area contributed by atoms with Crippen LogP contribution in [-0.2, 0) is 25.8 Å². The molecular formula is C19H21N9O6S3. The number of aliphatic hydroxyl groups is 1. The molecule has 1 unspecified atom stereocenters. The third kappa shape index (κ3) is 5.60. The number of rotatable bonds is 12. The summed E-state index contributed by atoms with van der Waals surface area (Å²) in [5.41, 5.74) is 6.05. The van der Waals surface area contributed by atoms with Crippen LogP contribution in [0.1, 0.15) is 5.69 Å². The number of thiazole rings is 1. The van der Waals surface area contributed by atoms with Crippen molar-refractivity contribution in [1.82, 2.24) is 35.4 Å². The number of β-lactam (4-membered cyclic amide) rings is 1. The van der Waals surface area contributed by atoms with Crippen LogP contribution in [0.15, 0.2) is 39.6 Å². The number of oxime groups is 1. The third-order valence-electron chi connectivity index (χ3n) is 5.05. The Bertz CT molecular complexity index is 1280. The average Bonchev–Trinajstić information content (AvgIpc) is 3.51. The summed E-state index contributed by atoms with van der Waals surface area (Å²) in [4.78, 5) is 48.4. The number of tetrazole rings is 1. The lowest BCUT2D eigenvalue weighted by Gasteiger charge is -2.49. The van der Waals surface area contributed by atoms with E-state index in [1.165, 1.54) is 44.6 Å². The molecule has 0 radical (unpaired) electrons. The highest BCUT2D eigenvalue weighted by Gasteiger charge is 2.54. The van der Waals surface area contributed by atoms with Gasteiger partial charge in [0.2, 0.25) is 5.16 Å². The number of thioether (sulfide) groups is 2. The normalized spacial score (nSPS) is 19.3. The predicted molar refractivity (Wildman–Crippen MR) is 135 cm³/mol. The molecule has 0 aromatic carbocycles. The molecule has 2 aromatic rings. The number of carboxylic acids is 1. The first-order chi connectivity index (χ1) is 17.8. The number of fused-ring (bicyclic) bond motifs is 1. The molecular weight excluding hydrogens is 546 g/mol. The molecule has 0 saturated carbocycles. The summed E-state index contributed by atoms with van der Waals surface area (Å²) in [6.45, 7) is 3.60. The van der Waals surface area contributed by atoms with Crippen molar-refractivity contribution in [1.29, 1.82) is 0 Å². The smallest absolute Gasteiger partial charge is 0.352 e. The quantitative estimate of drug-likeness (QED) is 0.0615. The molecule has 5 N–H and O–H groups in total. The van der Waals surface area contributed by atoms with Crippen molar-refractivity contribution >= 4 is 63.5 Å². The number of amides is 2. The summed E-state index contributed by atoms with van der Waals surface area (Å²) in [5.74, 6) is -2.02. The molecule has 2 aliphatic heterocycles. The zero-order valence-electron chi connectivity index (χ0n) is 19.0. The minimum Gasteiger partial charge on any atom is -0.477 e. The Kier molecular flexibility index (Phi) is 8.41. The van der Waals surface area contributed by atoms with Crippen LogP contribution in [-0.4, -0.2) is 99.9 Å². The number of nitrogens with one attached hydrogen (secondary N) is 1. The van der Waals surface area contributed by atoms with Gasteiger partial charge in [0.1, 0.15) is 29.4 Å². The standard InChI is InChI=1S/C19H21N9O6S3/c1-2-5-34-24-11(10-8-36-18(20)21-10)14(30)22-12-15(31)28-13(17(32)33)9(6-35-16(12)28)7-37-19-23-25-26-27(19)3-4-29/h2,8,12,16,29H,1,3-7H2,(H2,20,21)(H,22,30)(H,32,33)/t12?,16-/m0/s1. The first-order valence-corrected chi connectivity index (χ1v) is 13.5. The maximum Gasteiger partial charge on any atom is 0.352 e. The fourth-order valence-corrected chi connectivity index (χ4v) is 6.38. The van der Waals surface area contributed by atoms with Crippen LogP contribution < -0.4 is 11.1 Å². The number of aliphatic carboxylic acids is 1. The van der Waals surface area contributed by atoms with Crippen LogP contribution in [0, 0.1) is 0 Å². The Labute approximate surface area is 221 Å². The summed E-state index contributed by atoms with van der Waals surface area (Å²) in [6, 6.07) is -0.974. The molecule has 2 aromatic heterocycles. The van der Waals surface area contributed by atoms with Crippen molar-refractivity contribution in [3.8, 4) is 0 Å². The fraction of sp³-hybridized carbons (Fsp3) is 0.368. The van der Waals surface area contributed by atoms with Crippen molar-refractivity contribution in [2.45, 2.75) is 23.1 Å². The molecule has 196 valence electrons. The van der Waals surface area contributed by atoms with Gasteiger partial charge in [-0.15, -0.1) is 28.2 Å². The second-order valence-corrected chi connectivity index (χ2v) is 10.3. The van der Waals surface area contributed by atoms with Gasteiger partial charge in [-0.05, 0) is 16.0 Å². The van der Waals surface area contributed by atoms with Gasteiger partial charge in [-0.25, -0.2) is 14.5 Å². The van der Waals surface area contributed by atoms with Crippen molar-refractivity contribution in [2.75, 3.05) is 30.5 Å². The average molecular weight is 568 g/mol. The van der Waals surface area contributed by atoms with Crippen molar-refractivity contribution < 1.29 is 29.4 Å². The van der Waals surface area contributed by atoms with E-state index in [0.29, 0.717) is 16.5 Å². The molecule has 0 aliphatic carbocycles. The number of aliphatic hydroxyl groups excluding tert-OH is 1. The Hall–Kier alpha value is -3.48. The summed E-state index contributed by atoms with van der Waals surface area (Å²) in [6.07, 6.45) is 1.45. The van der Waals surface area contributed by atoms with Gasteiger partial charge in [0.15, 0.2) is 10.8 Å². The molecule has 1 fully saturated rings. The minimum absolute atomic E-state index is 0.0466. The molecule has 2 aliphatic rings. The SMILES string of the molecule is C=CCON=C(C(=O)NC1C(=O)N2C(C(=O)O)=C(CSc3nnnn3CCO)CS[C@@H]12)c1csc(N)n1. The zero-order valence-corrected chi connectivity index (χ0v) is 21.5. The van der Waals surface area contributed by atoms with Crippen molar-refractivity contribution in [3.63, 3.8) is 0 Å². The van der Waals surface area contributed by atoms with E-state index in [4.69, 9.17) is 15.7 Å². The number of carbonyl (C=O) groups is 3. The maximum atomic E-state index is 13.0. The number of anilines is 1. The van der Waals surface area contributed by atoms with Crippen LogP contribution in [0.25, 0.3) is 0 Å². The Morgan fingerprint density at radius 2 is 2.27 bits per heavy atom. The number of nitrogens with two attached hydrogens (primary N) is 1. The molecule has 0 bridgehead atoms. The second-order valence-electron chi connectivity index (χ2n) is 7.41. The van der Waals surface area contributed by atoms with E-state index < -0.39 is 29.2 Å². The number of aromatic nitrogens is 5. The highest BCUT2D eigenvalue weighted by Crippen LogP contribution is 2.41. The molecule has 0 spiro atoms. The van der Waals surface area contributed by atoms with Gasteiger partial charge < -0.3 is 26.1 Å². The lowest BCUT2D eigenvalue weighted by atomic mass is 10.0. The molecule has 18 heteroatoms. The van der Waals surface area contributed by atoms with E-state index in [-0.39, 0.29) is 47.7 Å². The van der Waals surface area contributed by atoms with E-state index in [1.807, 2.05) is 0 Å². The fourth-order valence-electron chi connectivity index (χ4n) is 3.45. The zero-order chi connectivity index (χ0) is 26.5. The number of carbonyl (C=O) groups excluding carboxylic acids is 2. The van der Waals surface area contributed by atoms with Crippen LogP contribution in [0.5, 0.6) is 0 Å². The molecule has 4 rings (SSSR count). The largest absolute Gasteiger partial charge is 0.477 e. The van der Waals surface area contributed by atoms with Crippen LogP contribution in [0.4, 0.5) is 5.13 Å². The van der Waals surface area contributed by atoms with E-state index in [2.05, 4.69) is 37.6 Å². The Balaban J connectivity index is 1.48. The molecule has 4 heterocycles. The summed E-state index contributed by atoms with van der Waals surface area (Å²) in [7, 11) is 0. The summed E-state index contributed by atoms with van der Waals surface area (Å²) >= 11 is 3.62. The van der Waals surface area contributed by atoms with Gasteiger partial charge in [0, 0.05) is 16.9 Å². The van der Waals surface area contributed by atoms with Gasteiger partial charge in [0.25, 0.3) is 11.8 Å². The van der Waals surface area contributed by atoms with Gasteiger partial charge in [-0.1, -0.05) is 29.6 Å². The van der Waals surface area contributed by atoms with Crippen LogP contribution >= 0.6 is 34.9 Å². The van der Waals surface area contributed by atoms with E-state index in [9.17, 15) is 19.5 Å². The first kappa shape index (κ1) is 26.6. The second kappa shape index (κ2) is 11.7. The van der Waals surface area contributed by atoms with E-state index in [0.717, 1.165) is 11.3 Å². The molecule has 1 saturated heterocycles. The number of hydrogen-bond donors (Lipinski definition) is 4. The van der Waals surface area contributed by atoms with Crippen LogP contribution in [0.2, 0.25) is 0 Å². The van der Waals surface area contributed by atoms with Gasteiger partial charge in [-0.2, -0.15) is 0 Å². The molecule has 15 nitrogen and oxygen atoms in total. The lowest BCUT2D eigenvalue weighted by Crippen LogP contribution is -2.71. The Morgan fingerprint density at radius 3 is 2.95 bits per heavy atom. The highest BCUT2D eigenvalue weighted by atomic mass is 32.2. The minimum atomic E-state index is -1.26. The number of nitrogens with zero attached hydrogens (tertiary/aromatic N) is 7. The monoisotopic (exact) mass is 567 g/mol. The summed E-state index contributed by atoms with van der Waals surface area (Å²) < 4.78 is 1.40. The lowest BCUT2D eigenvalue weighted by molar-refractivity contribution is -0.150. The van der Waals surface area contributed by atoms with Crippen molar-refractivity contribution in [2.24, 2.45) is 5.16 Å². The maximum absolute atomic E-state index is 13.0. The van der Waals surface area contributed by atoms with Gasteiger partial charge >= 0.3 is 5.97 Å². The highest BCUT2D eigenvalue weighted by molar-refractivity contribution is 8.01. The van der Waals surface area contributed by atoms with Gasteiger partial charge in [0.05, 0.1) is 13.2 Å². The molecule has 2 amide bonds. The number of nitrogen functional groups attached to an aromatic ring is 1. The number of hydrogen-bond acceptors (Lipinski definition) is 14. The van der Waals surface area contributed by atoms with Crippen molar-refractivity contribution in [3.05, 3.63) is 35.0 Å². The Morgan fingerprint density at radius 1 is 1.46 bits per heavy atom. The number of carboxylic acid groups (broad SMARTS) is 1. The van der Waals surface area contributed by atoms with E-state index in [1.54, 1.807) is 0 Å².